The molecule has 0 saturated heterocycles. The summed E-state index contributed by atoms with van der Waals surface area (Å²) in [7, 11) is 0. The van der Waals surface area contributed by atoms with Gasteiger partial charge in [-0.25, -0.2) is 9.59 Å². The lowest BCUT2D eigenvalue weighted by Crippen LogP contribution is -2.54. The van der Waals surface area contributed by atoms with Gasteiger partial charge in [-0.2, -0.15) is 0 Å². The number of hydrogen-bond acceptors (Lipinski definition) is 9. The molecule has 4 amide bonds. The molecule has 0 spiro atoms. The Balaban J connectivity index is 0.0000101. The molecular formula is C29H45ClN8O7. The number of amides is 4. The highest BCUT2D eigenvalue weighted by Crippen LogP contribution is 2.21. The highest BCUT2D eigenvalue weighted by atomic mass is 35.5. The van der Waals surface area contributed by atoms with Gasteiger partial charge in [-0.05, 0) is 84.0 Å². The number of alkyl carbamates (subject to hydrolysis) is 1. The summed E-state index contributed by atoms with van der Waals surface area (Å²) in [6.45, 7) is 7.03. The molecule has 1 aromatic carbocycles. The first-order valence-electron chi connectivity index (χ1n) is 14.4. The molecule has 2 rings (SSSR count). The van der Waals surface area contributed by atoms with Gasteiger partial charge in [-0.15, -0.1) is 12.4 Å². The van der Waals surface area contributed by atoms with Crippen molar-refractivity contribution < 1.29 is 28.3 Å². The summed E-state index contributed by atoms with van der Waals surface area (Å²) in [6.07, 6.45) is 1.11. The smallest absolute Gasteiger partial charge is 0.408 e. The summed E-state index contributed by atoms with van der Waals surface area (Å²) in [4.78, 5) is 67.1. The van der Waals surface area contributed by atoms with Crippen molar-refractivity contribution in [3.8, 4) is 0 Å². The highest BCUT2D eigenvalue weighted by molar-refractivity contribution is 5.99. The Bertz CT molecular complexity index is 1400. The monoisotopic (exact) mass is 652 g/mol. The number of ether oxygens (including phenoxy) is 1. The second-order valence-corrected chi connectivity index (χ2v) is 11.2. The van der Waals surface area contributed by atoms with Crippen LogP contribution in [0.5, 0.6) is 0 Å². The van der Waals surface area contributed by atoms with Crippen LogP contribution in [0.1, 0.15) is 58.4 Å². The molecule has 2 atom stereocenters. The van der Waals surface area contributed by atoms with E-state index < -0.39 is 53.7 Å². The summed E-state index contributed by atoms with van der Waals surface area (Å²) < 4.78 is 10.4. The van der Waals surface area contributed by atoms with Crippen molar-refractivity contribution in [2.75, 3.05) is 25.0 Å². The van der Waals surface area contributed by atoms with Crippen LogP contribution in [-0.4, -0.2) is 67.1 Å². The number of hydrogen-bond donors (Lipinski definition) is 7. The number of unbranched alkanes of at least 4 members (excludes halogenated alkanes) is 1. The topological polar surface area (TPSA) is 246 Å². The van der Waals surface area contributed by atoms with Gasteiger partial charge >= 0.3 is 11.7 Å². The molecule has 0 unspecified atom stereocenters. The first-order valence-corrected chi connectivity index (χ1v) is 14.4. The van der Waals surface area contributed by atoms with Crippen molar-refractivity contribution in [3.05, 3.63) is 40.2 Å². The predicted molar refractivity (Wildman–Crippen MR) is 174 cm³/mol. The zero-order valence-electron chi connectivity index (χ0n) is 26.1. The van der Waals surface area contributed by atoms with Crippen LogP contribution in [0.15, 0.2) is 38.5 Å². The molecule has 0 fully saturated rings. The molecule has 45 heavy (non-hydrogen) atoms. The number of carbonyl (C=O) groups excluding carboxylic acids is 4. The van der Waals surface area contributed by atoms with E-state index >= 15 is 0 Å². The van der Waals surface area contributed by atoms with Crippen LogP contribution in [-0.2, 0) is 19.1 Å². The largest absolute Gasteiger partial charge is 0.444 e. The molecule has 0 aliphatic rings. The molecule has 0 aliphatic carbocycles. The van der Waals surface area contributed by atoms with Crippen LogP contribution in [0.4, 0.5) is 10.5 Å². The molecule has 0 aliphatic heterocycles. The van der Waals surface area contributed by atoms with E-state index in [1.54, 1.807) is 39.8 Å². The number of nitrogens with one attached hydrogen (secondary N) is 4. The number of halogens is 1. The first kappa shape index (κ1) is 38.7. The maximum Gasteiger partial charge on any atom is 0.408 e. The predicted octanol–water partition coefficient (Wildman–Crippen LogP) is 1.14. The van der Waals surface area contributed by atoms with E-state index in [2.05, 4.69) is 26.3 Å². The fourth-order valence-electron chi connectivity index (χ4n) is 4.15. The number of nitrogens with two attached hydrogens (primary N) is 3. The van der Waals surface area contributed by atoms with E-state index in [1.165, 1.54) is 12.1 Å². The number of nitrogens with zero attached hydrogens (tertiary/aromatic N) is 1. The van der Waals surface area contributed by atoms with Gasteiger partial charge in [0.2, 0.25) is 17.7 Å². The molecule has 15 nitrogen and oxygen atoms in total. The maximum atomic E-state index is 13.4. The fraction of sp³-hybridized carbons (Fsp3) is 0.517. The zero-order chi connectivity index (χ0) is 32.9. The average molecular weight is 653 g/mol. The van der Waals surface area contributed by atoms with Crippen LogP contribution in [0.25, 0.3) is 11.0 Å². The molecule has 1 aromatic heterocycles. The van der Waals surface area contributed by atoms with E-state index in [0.29, 0.717) is 42.5 Å². The van der Waals surface area contributed by atoms with E-state index in [1.807, 2.05) is 0 Å². The maximum absolute atomic E-state index is 13.4. The number of aliphatic imine (C=N–C) groups is 1. The minimum Gasteiger partial charge on any atom is -0.444 e. The van der Waals surface area contributed by atoms with Crippen molar-refractivity contribution in [3.63, 3.8) is 0 Å². The Kier molecular flexibility index (Phi) is 15.8. The zero-order valence-corrected chi connectivity index (χ0v) is 26.9. The Morgan fingerprint density at radius 3 is 2.29 bits per heavy atom. The Hall–Kier alpha value is -4.37. The number of carbonyl (C=O) groups is 4. The normalized spacial score (nSPS) is 12.2. The van der Waals surface area contributed by atoms with E-state index in [4.69, 9.17) is 26.4 Å². The molecule has 250 valence electrons. The molecule has 0 bridgehead atoms. The molecule has 16 heteroatoms. The number of aryl methyl sites for hydroxylation is 1. The Morgan fingerprint density at radius 1 is 0.978 bits per heavy atom. The van der Waals surface area contributed by atoms with Crippen LogP contribution >= 0.6 is 12.4 Å². The Morgan fingerprint density at radius 2 is 1.64 bits per heavy atom. The lowest BCUT2D eigenvalue weighted by Gasteiger charge is -2.24. The van der Waals surface area contributed by atoms with Gasteiger partial charge in [-0.1, -0.05) is 0 Å². The Labute approximate surface area is 267 Å². The number of guanidine groups is 1. The molecule has 0 radical (unpaired) electrons. The molecular weight excluding hydrogens is 608 g/mol. The number of benzene rings is 1. The van der Waals surface area contributed by atoms with E-state index in [-0.39, 0.29) is 37.8 Å². The van der Waals surface area contributed by atoms with Gasteiger partial charge in [0.1, 0.15) is 29.8 Å². The molecule has 10 N–H and O–H groups in total. The number of fused-ring (bicyclic) bond motifs is 1. The average Bonchev–Trinajstić information content (AvgIpc) is 2.91. The first-order chi connectivity index (χ1) is 20.7. The lowest BCUT2D eigenvalue weighted by atomic mass is 10.1. The third-order valence-electron chi connectivity index (χ3n) is 6.19. The second kappa shape index (κ2) is 18.4. The summed E-state index contributed by atoms with van der Waals surface area (Å²) >= 11 is 0. The van der Waals surface area contributed by atoms with Crippen LogP contribution in [0, 0.1) is 6.92 Å². The second-order valence-electron chi connectivity index (χ2n) is 11.2. The third-order valence-corrected chi connectivity index (χ3v) is 6.19. The van der Waals surface area contributed by atoms with Crippen molar-refractivity contribution in [2.24, 2.45) is 22.2 Å². The summed E-state index contributed by atoms with van der Waals surface area (Å²) in [5.41, 5.74) is 16.5. The molecule has 2 aromatic rings. The summed E-state index contributed by atoms with van der Waals surface area (Å²) in [5.74, 6) is -1.87. The minimum atomic E-state index is -1.04. The summed E-state index contributed by atoms with van der Waals surface area (Å²) in [5, 5.41) is 11.1. The van der Waals surface area contributed by atoms with E-state index in [0.717, 1.165) is 5.56 Å². The number of anilines is 1. The number of rotatable bonds is 15. The van der Waals surface area contributed by atoms with Gasteiger partial charge in [0.25, 0.3) is 0 Å². The van der Waals surface area contributed by atoms with Gasteiger partial charge in [0.15, 0.2) is 5.96 Å². The quantitative estimate of drug-likeness (QED) is 0.0625. The minimum absolute atomic E-state index is 0. The highest BCUT2D eigenvalue weighted by Gasteiger charge is 2.27. The fourth-order valence-corrected chi connectivity index (χ4v) is 4.15. The van der Waals surface area contributed by atoms with Gasteiger partial charge < -0.3 is 47.6 Å². The van der Waals surface area contributed by atoms with Crippen molar-refractivity contribution >= 4 is 58.8 Å². The van der Waals surface area contributed by atoms with Crippen LogP contribution in [0.3, 0.4) is 0 Å². The van der Waals surface area contributed by atoms with Gasteiger partial charge in [-0.3, -0.25) is 19.4 Å². The van der Waals surface area contributed by atoms with Crippen molar-refractivity contribution in [1.29, 1.82) is 0 Å². The SMILES string of the molecule is Cc1cc(=O)oc2cc(NC(=O)[C@H](CCCN=C(N)N)NC(=O)[C@H](CCCCN)NC(=O)CNC(=O)OC(C)(C)C)ccc12.Cl. The van der Waals surface area contributed by atoms with E-state index in [9.17, 15) is 24.0 Å². The summed E-state index contributed by atoms with van der Waals surface area (Å²) in [6, 6.07) is 4.21. The van der Waals surface area contributed by atoms with Crippen molar-refractivity contribution in [1.82, 2.24) is 16.0 Å². The van der Waals surface area contributed by atoms with Gasteiger partial charge in [0, 0.05) is 29.8 Å². The van der Waals surface area contributed by atoms with Crippen LogP contribution in [0.2, 0.25) is 0 Å². The third kappa shape index (κ3) is 14.3. The molecule has 1 heterocycles. The van der Waals surface area contributed by atoms with Crippen LogP contribution < -0.4 is 44.1 Å². The van der Waals surface area contributed by atoms with Gasteiger partial charge in [0.05, 0.1) is 0 Å². The standard InChI is InChI=1S/C29H44N8O7.ClH/c1-17-14-24(39)43-22-15-18(10-11-19(17)22)35-25(40)21(9-7-13-33-27(31)32)37-26(41)20(8-5-6-12-30)36-23(38)16-34-28(42)44-29(2,3)4;/h10-11,14-15,20-21H,5-9,12-13,16,30H2,1-4H3,(H,34,42)(H,35,40)(H,36,38)(H,37,41)(H4,31,32,33);1H/t20-,21-;/m0./s1. The lowest BCUT2D eigenvalue weighted by molar-refractivity contribution is -0.131. The van der Waals surface area contributed by atoms with Crippen molar-refractivity contribution in [2.45, 2.75) is 77.5 Å². The molecule has 0 saturated carbocycles.